The highest BCUT2D eigenvalue weighted by molar-refractivity contribution is 7.93. The summed E-state index contributed by atoms with van der Waals surface area (Å²) in [7, 11) is -7.62. The van der Waals surface area contributed by atoms with Gasteiger partial charge in [0.15, 0.2) is 4.21 Å². The van der Waals surface area contributed by atoms with E-state index < -0.39 is 24.3 Å². The van der Waals surface area contributed by atoms with E-state index >= 15 is 0 Å². The zero-order valence-corrected chi connectivity index (χ0v) is 10.9. The number of allylic oxidation sites excluding steroid dienone is 2. The molecule has 1 aliphatic heterocycles. The lowest BCUT2D eigenvalue weighted by atomic mass is 10.1. The lowest BCUT2D eigenvalue weighted by Crippen LogP contribution is -2.46. The first-order valence-electron chi connectivity index (χ1n) is 4.53. The minimum absolute atomic E-state index is 0.00735. The summed E-state index contributed by atoms with van der Waals surface area (Å²) in [6, 6.07) is 0. The summed E-state index contributed by atoms with van der Waals surface area (Å²) in [6.45, 7) is -0.00735. The van der Waals surface area contributed by atoms with Gasteiger partial charge in [-0.2, -0.15) is 4.72 Å². The van der Waals surface area contributed by atoms with E-state index in [4.69, 9.17) is 16.7 Å². The maximum atomic E-state index is 11.6. The number of alkyl halides is 1. The molecule has 0 bridgehead atoms. The van der Waals surface area contributed by atoms with E-state index in [9.17, 15) is 16.8 Å². The van der Waals surface area contributed by atoms with Crippen LogP contribution in [-0.2, 0) is 20.0 Å². The molecule has 10 heteroatoms. The molecule has 96 valence electrons. The lowest BCUT2D eigenvalue weighted by Gasteiger charge is -2.30. The molecule has 0 spiro atoms. The van der Waals surface area contributed by atoms with Crippen LogP contribution in [0, 0.1) is 0 Å². The highest BCUT2D eigenvalue weighted by Crippen LogP contribution is 2.36. The lowest BCUT2D eigenvalue weighted by molar-refractivity contribution is 0.560. The fourth-order valence-corrected chi connectivity index (χ4v) is 3.53. The average molecular weight is 300 g/mol. The van der Waals surface area contributed by atoms with Gasteiger partial charge in [0.25, 0.3) is 0 Å². The normalized spacial score (nSPS) is 31.9. The molecule has 1 heterocycles. The van der Waals surface area contributed by atoms with Crippen molar-refractivity contribution in [3.8, 4) is 0 Å². The van der Waals surface area contributed by atoms with Crippen molar-refractivity contribution in [1.82, 2.24) is 10.0 Å². The first kappa shape index (κ1) is 12.8. The van der Waals surface area contributed by atoms with Gasteiger partial charge in [-0.05, 0) is 12.2 Å². The van der Waals surface area contributed by atoms with Crippen LogP contribution >= 0.6 is 11.6 Å². The Labute approximate surface area is 104 Å². The van der Waals surface area contributed by atoms with E-state index in [0.29, 0.717) is 0 Å². The van der Waals surface area contributed by atoms with Gasteiger partial charge in [0.05, 0.1) is 6.67 Å². The fraction of sp³-hybridized carbons (Fsp3) is 0.429. The van der Waals surface area contributed by atoms with Crippen molar-refractivity contribution < 1.29 is 16.8 Å². The van der Waals surface area contributed by atoms with Gasteiger partial charge >= 0.3 is 0 Å². The van der Waals surface area contributed by atoms with Crippen LogP contribution in [0.4, 0.5) is 0 Å². The summed E-state index contributed by atoms with van der Waals surface area (Å²) in [5.41, 5.74) is 0.246. The number of primary sulfonamides is 1. The van der Waals surface area contributed by atoms with E-state index in [1.807, 2.05) is 0 Å². The fourth-order valence-electron chi connectivity index (χ4n) is 1.60. The Bertz CT molecular complexity index is 622. The molecule has 1 unspecified atom stereocenters. The third kappa shape index (κ3) is 2.08. The van der Waals surface area contributed by atoms with Crippen molar-refractivity contribution in [2.45, 2.75) is 10.6 Å². The van der Waals surface area contributed by atoms with Gasteiger partial charge in [-0.15, -0.1) is 0 Å². The number of nitrogens with two attached hydrogens (primary N) is 1. The standard InChI is InChI=1S/C7H10ClN3O4S2/c8-7(17(9,14)15)2-1-6-5(3-7)10-4-11-16(6,12)13/h1-2,10-11H,3-4H2,(H2,9,14,15). The summed E-state index contributed by atoms with van der Waals surface area (Å²) >= 11 is 5.88. The minimum atomic E-state index is -4.02. The van der Waals surface area contributed by atoms with Crippen molar-refractivity contribution in [1.29, 1.82) is 0 Å². The maximum Gasteiger partial charge on any atom is 0.243 e. The predicted molar refractivity (Wildman–Crippen MR) is 62.5 cm³/mol. The second-order valence-corrected chi connectivity index (χ2v) is 8.14. The monoisotopic (exact) mass is 299 g/mol. The molecule has 4 N–H and O–H groups in total. The minimum Gasteiger partial charge on any atom is -0.374 e. The van der Waals surface area contributed by atoms with Crippen molar-refractivity contribution in [2.75, 3.05) is 6.67 Å². The molecule has 0 amide bonds. The Morgan fingerprint density at radius 3 is 2.71 bits per heavy atom. The summed E-state index contributed by atoms with van der Waals surface area (Å²) in [5.74, 6) is 0. The molecular weight excluding hydrogens is 290 g/mol. The van der Waals surface area contributed by atoms with E-state index in [-0.39, 0.29) is 23.7 Å². The van der Waals surface area contributed by atoms with Gasteiger partial charge in [0.1, 0.15) is 4.91 Å². The number of hydrogen-bond donors (Lipinski definition) is 3. The van der Waals surface area contributed by atoms with E-state index in [0.717, 1.165) is 12.2 Å². The number of halogens is 1. The van der Waals surface area contributed by atoms with Gasteiger partial charge in [-0.3, -0.25) is 0 Å². The molecule has 0 fully saturated rings. The van der Waals surface area contributed by atoms with Crippen LogP contribution in [0.5, 0.6) is 0 Å². The Balaban J connectivity index is 2.50. The second-order valence-electron chi connectivity index (χ2n) is 3.69. The largest absolute Gasteiger partial charge is 0.374 e. The van der Waals surface area contributed by atoms with Crippen LogP contribution in [0.3, 0.4) is 0 Å². The zero-order valence-electron chi connectivity index (χ0n) is 8.47. The van der Waals surface area contributed by atoms with Crippen LogP contribution in [0.1, 0.15) is 6.42 Å². The summed E-state index contributed by atoms with van der Waals surface area (Å²) in [4.78, 5) is -0.0105. The Morgan fingerprint density at radius 2 is 2.12 bits per heavy atom. The first-order valence-corrected chi connectivity index (χ1v) is 7.94. The highest BCUT2D eigenvalue weighted by Gasteiger charge is 2.43. The van der Waals surface area contributed by atoms with Crippen LogP contribution in [0.15, 0.2) is 22.8 Å². The Hall–Kier alpha value is -0.610. The summed E-state index contributed by atoms with van der Waals surface area (Å²) < 4.78 is 46.3. The molecule has 7 nitrogen and oxygen atoms in total. The third-order valence-electron chi connectivity index (χ3n) is 2.53. The van der Waals surface area contributed by atoms with Crippen LogP contribution in [0.2, 0.25) is 0 Å². The van der Waals surface area contributed by atoms with Crippen LogP contribution < -0.4 is 15.2 Å². The van der Waals surface area contributed by atoms with E-state index in [1.54, 1.807) is 0 Å². The molecular formula is C7H10ClN3O4S2. The number of rotatable bonds is 1. The quantitative estimate of drug-likeness (QED) is 0.529. The van der Waals surface area contributed by atoms with Crippen molar-refractivity contribution in [2.24, 2.45) is 5.14 Å². The van der Waals surface area contributed by atoms with Crippen molar-refractivity contribution in [3.05, 3.63) is 22.8 Å². The van der Waals surface area contributed by atoms with Gasteiger partial charge < -0.3 is 5.32 Å². The van der Waals surface area contributed by atoms with Crippen molar-refractivity contribution >= 4 is 31.6 Å². The first-order chi connectivity index (χ1) is 7.66. The second kappa shape index (κ2) is 3.69. The predicted octanol–water partition coefficient (Wildman–Crippen LogP) is -1.14. The molecule has 0 aromatic rings. The number of nitrogens with one attached hydrogen (secondary N) is 2. The molecule has 0 saturated carbocycles. The van der Waals surface area contributed by atoms with Crippen molar-refractivity contribution in [3.63, 3.8) is 0 Å². The SMILES string of the molecule is NS(=O)(=O)C1(Cl)C=CC2=C(C1)NCNS2(=O)=O. The van der Waals surface area contributed by atoms with Gasteiger partial charge in [0, 0.05) is 12.1 Å². The summed E-state index contributed by atoms with van der Waals surface area (Å²) in [5, 5.41) is 7.75. The topological polar surface area (TPSA) is 118 Å². The molecule has 17 heavy (non-hydrogen) atoms. The Morgan fingerprint density at radius 1 is 1.47 bits per heavy atom. The molecule has 0 aromatic carbocycles. The highest BCUT2D eigenvalue weighted by atomic mass is 35.5. The molecule has 2 rings (SSSR count). The molecule has 2 aliphatic rings. The van der Waals surface area contributed by atoms with Crippen LogP contribution in [-0.4, -0.2) is 27.7 Å². The van der Waals surface area contributed by atoms with Gasteiger partial charge in [-0.25, -0.2) is 22.0 Å². The smallest absolute Gasteiger partial charge is 0.243 e. The van der Waals surface area contributed by atoms with Crippen LogP contribution in [0.25, 0.3) is 0 Å². The molecule has 1 atom stereocenters. The maximum absolute atomic E-state index is 11.6. The van der Waals surface area contributed by atoms with Gasteiger partial charge in [0.2, 0.25) is 20.0 Å². The molecule has 0 radical (unpaired) electrons. The summed E-state index contributed by atoms with van der Waals surface area (Å²) in [6.07, 6.45) is 2.01. The molecule has 0 saturated heterocycles. The number of sulfonamides is 2. The average Bonchev–Trinajstić information content (AvgIpc) is 2.14. The van der Waals surface area contributed by atoms with E-state index in [1.165, 1.54) is 0 Å². The van der Waals surface area contributed by atoms with E-state index in [2.05, 4.69) is 10.0 Å². The molecule has 1 aliphatic carbocycles. The van der Waals surface area contributed by atoms with Gasteiger partial charge in [-0.1, -0.05) is 11.6 Å². The Kier molecular flexibility index (Phi) is 2.79. The molecule has 0 aromatic heterocycles. The zero-order chi connectivity index (χ0) is 12.9. The third-order valence-corrected chi connectivity index (χ3v) is 6.14. The number of hydrogen-bond acceptors (Lipinski definition) is 5.